The highest BCUT2D eigenvalue weighted by Gasteiger charge is 2.19. The van der Waals surface area contributed by atoms with Crippen LogP contribution in [0.5, 0.6) is 0 Å². The van der Waals surface area contributed by atoms with Crippen LogP contribution in [-0.2, 0) is 11.2 Å². The Morgan fingerprint density at radius 3 is 3.19 bits per heavy atom. The average molecular weight is 219 g/mol. The smallest absolute Gasteiger partial charge is 0.228 e. The third kappa shape index (κ3) is 2.32. The minimum Gasteiger partial charge on any atom is -0.311 e. The van der Waals surface area contributed by atoms with E-state index in [1.807, 2.05) is 6.92 Å². The topological polar surface area (TPSA) is 57.8 Å². The van der Waals surface area contributed by atoms with Crippen LogP contribution in [-0.4, -0.2) is 16.1 Å². The molecule has 1 unspecified atom stereocenters. The van der Waals surface area contributed by atoms with Crippen LogP contribution in [0.3, 0.4) is 0 Å². The predicted octanol–water partition coefficient (Wildman–Crippen LogP) is 2.27. The molecule has 16 heavy (non-hydrogen) atoms. The second kappa shape index (κ2) is 4.96. The number of amides is 1. The first-order valence-corrected chi connectivity index (χ1v) is 5.79. The highest BCUT2D eigenvalue weighted by Crippen LogP contribution is 2.20. The van der Waals surface area contributed by atoms with Gasteiger partial charge in [0.2, 0.25) is 5.91 Å². The first-order chi connectivity index (χ1) is 7.81. The second-order valence-corrected chi connectivity index (χ2v) is 4.09. The van der Waals surface area contributed by atoms with Crippen molar-refractivity contribution in [2.45, 2.75) is 32.6 Å². The molecule has 2 rings (SSSR count). The summed E-state index contributed by atoms with van der Waals surface area (Å²) in [7, 11) is 0. The number of aromatic amines is 1. The van der Waals surface area contributed by atoms with Gasteiger partial charge in [0.25, 0.3) is 0 Å². The van der Waals surface area contributed by atoms with E-state index in [4.69, 9.17) is 0 Å². The van der Waals surface area contributed by atoms with Gasteiger partial charge in [-0.1, -0.05) is 19.1 Å². The summed E-state index contributed by atoms with van der Waals surface area (Å²) in [5.41, 5.74) is 1.06. The molecule has 0 saturated heterocycles. The van der Waals surface area contributed by atoms with Crippen LogP contribution >= 0.6 is 0 Å². The van der Waals surface area contributed by atoms with Crippen LogP contribution in [0.4, 0.5) is 5.82 Å². The number of allylic oxidation sites excluding steroid dienone is 2. The summed E-state index contributed by atoms with van der Waals surface area (Å²) in [5, 5.41) is 9.68. The lowest BCUT2D eigenvalue weighted by Crippen LogP contribution is -2.24. The molecule has 1 aliphatic rings. The number of hydrogen-bond donors (Lipinski definition) is 2. The molecule has 0 aromatic carbocycles. The van der Waals surface area contributed by atoms with E-state index in [1.165, 1.54) is 0 Å². The first-order valence-electron chi connectivity index (χ1n) is 5.79. The predicted molar refractivity (Wildman–Crippen MR) is 63.1 cm³/mol. The Balaban J connectivity index is 1.99. The summed E-state index contributed by atoms with van der Waals surface area (Å²) >= 11 is 0. The van der Waals surface area contributed by atoms with Crippen molar-refractivity contribution in [2.75, 3.05) is 5.32 Å². The average Bonchev–Trinajstić information content (AvgIpc) is 2.77. The summed E-state index contributed by atoms with van der Waals surface area (Å²) in [6.07, 6.45) is 9.65. The molecule has 1 aromatic heterocycles. The molecular weight excluding hydrogens is 202 g/mol. The second-order valence-electron chi connectivity index (χ2n) is 4.09. The molecule has 0 spiro atoms. The first kappa shape index (κ1) is 10.9. The molecule has 0 fully saturated rings. The van der Waals surface area contributed by atoms with E-state index in [1.54, 1.807) is 6.20 Å². The van der Waals surface area contributed by atoms with Gasteiger partial charge in [-0.15, -0.1) is 0 Å². The van der Waals surface area contributed by atoms with Gasteiger partial charge in [-0.3, -0.25) is 9.89 Å². The van der Waals surface area contributed by atoms with Crippen molar-refractivity contribution in [2.24, 2.45) is 5.92 Å². The lowest BCUT2D eigenvalue weighted by Gasteiger charge is -2.16. The number of aromatic nitrogens is 2. The molecule has 1 heterocycles. The van der Waals surface area contributed by atoms with Crippen LogP contribution in [0, 0.1) is 5.92 Å². The van der Waals surface area contributed by atoms with E-state index in [-0.39, 0.29) is 11.8 Å². The molecule has 1 aliphatic carbocycles. The van der Waals surface area contributed by atoms with Gasteiger partial charge in [0.1, 0.15) is 5.82 Å². The summed E-state index contributed by atoms with van der Waals surface area (Å²) < 4.78 is 0. The molecule has 4 heteroatoms. The Kier molecular flexibility index (Phi) is 3.39. The summed E-state index contributed by atoms with van der Waals surface area (Å²) in [4.78, 5) is 11.9. The number of anilines is 1. The molecule has 0 radical (unpaired) electrons. The Hall–Kier alpha value is -1.58. The molecule has 2 N–H and O–H groups in total. The highest BCUT2D eigenvalue weighted by molar-refractivity contribution is 5.92. The maximum atomic E-state index is 11.9. The molecule has 0 aliphatic heterocycles. The number of hydrogen-bond acceptors (Lipinski definition) is 2. The molecule has 0 bridgehead atoms. The van der Waals surface area contributed by atoms with E-state index in [0.29, 0.717) is 0 Å². The third-order valence-corrected chi connectivity index (χ3v) is 2.99. The molecule has 4 nitrogen and oxygen atoms in total. The number of aryl methyl sites for hydroxylation is 1. The van der Waals surface area contributed by atoms with Gasteiger partial charge >= 0.3 is 0 Å². The van der Waals surface area contributed by atoms with Gasteiger partial charge < -0.3 is 5.32 Å². The minimum atomic E-state index is 0.100. The van der Waals surface area contributed by atoms with Gasteiger partial charge in [0.05, 0.1) is 6.20 Å². The molecule has 1 aromatic rings. The van der Waals surface area contributed by atoms with Crippen molar-refractivity contribution in [1.82, 2.24) is 10.2 Å². The number of carbonyl (C=O) groups excluding carboxylic acids is 1. The lowest BCUT2D eigenvalue weighted by molar-refractivity contribution is -0.120. The Labute approximate surface area is 95.1 Å². The van der Waals surface area contributed by atoms with Gasteiger partial charge in [-0.2, -0.15) is 5.10 Å². The van der Waals surface area contributed by atoms with Crippen molar-refractivity contribution >= 4 is 11.7 Å². The number of nitrogens with zero attached hydrogens (tertiary/aromatic N) is 1. The quantitative estimate of drug-likeness (QED) is 0.766. The van der Waals surface area contributed by atoms with Crippen LogP contribution in [0.1, 0.15) is 31.7 Å². The van der Waals surface area contributed by atoms with Crippen molar-refractivity contribution < 1.29 is 4.79 Å². The molecule has 1 amide bonds. The van der Waals surface area contributed by atoms with Crippen molar-refractivity contribution in [1.29, 1.82) is 0 Å². The minimum absolute atomic E-state index is 0.100. The van der Waals surface area contributed by atoms with Gasteiger partial charge in [-0.25, -0.2) is 0 Å². The van der Waals surface area contributed by atoms with Gasteiger partial charge in [0, 0.05) is 11.5 Å². The Morgan fingerprint density at radius 1 is 1.62 bits per heavy atom. The van der Waals surface area contributed by atoms with E-state index >= 15 is 0 Å². The molecule has 0 saturated carbocycles. The number of H-pyrrole nitrogens is 1. The fourth-order valence-electron chi connectivity index (χ4n) is 1.94. The van der Waals surface area contributed by atoms with Gasteiger partial charge in [0.15, 0.2) is 0 Å². The van der Waals surface area contributed by atoms with E-state index in [2.05, 4.69) is 27.7 Å². The number of carbonyl (C=O) groups is 1. The zero-order chi connectivity index (χ0) is 11.4. The normalized spacial score (nSPS) is 19.7. The fourth-order valence-corrected chi connectivity index (χ4v) is 1.94. The summed E-state index contributed by atoms with van der Waals surface area (Å²) in [6, 6.07) is 0. The fraction of sp³-hybridized carbons (Fsp3) is 0.500. The van der Waals surface area contributed by atoms with Crippen LogP contribution in [0.25, 0.3) is 0 Å². The highest BCUT2D eigenvalue weighted by atomic mass is 16.1. The molecular formula is C12H17N3O. The Morgan fingerprint density at radius 2 is 2.50 bits per heavy atom. The van der Waals surface area contributed by atoms with Crippen LogP contribution in [0.15, 0.2) is 18.3 Å². The number of rotatable bonds is 3. The van der Waals surface area contributed by atoms with Gasteiger partial charge in [-0.05, 0) is 25.7 Å². The van der Waals surface area contributed by atoms with Crippen molar-refractivity contribution in [3.63, 3.8) is 0 Å². The van der Waals surface area contributed by atoms with Crippen LogP contribution in [0.2, 0.25) is 0 Å². The van der Waals surface area contributed by atoms with E-state index in [9.17, 15) is 4.79 Å². The third-order valence-electron chi connectivity index (χ3n) is 2.99. The van der Waals surface area contributed by atoms with E-state index < -0.39 is 0 Å². The standard InChI is InChI=1S/C12H17N3O/c1-2-9-8-13-15-11(9)14-12(16)10-6-4-3-5-7-10/h3-4,8,10H,2,5-7H2,1H3,(H2,13,14,15,16). The lowest BCUT2D eigenvalue weighted by atomic mass is 9.94. The SMILES string of the molecule is CCc1cn[nH]c1NC(=O)C1CC=CCC1. The van der Waals surface area contributed by atoms with Crippen molar-refractivity contribution in [3.8, 4) is 0 Å². The number of nitrogens with one attached hydrogen (secondary N) is 2. The maximum absolute atomic E-state index is 11.9. The molecule has 1 atom stereocenters. The monoisotopic (exact) mass is 219 g/mol. The van der Waals surface area contributed by atoms with Crippen LogP contribution < -0.4 is 5.32 Å². The molecule has 86 valence electrons. The van der Waals surface area contributed by atoms with Crippen molar-refractivity contribution in [3.05, 3.63) is 23.9 Å². The zero-order valence-corrected chi connectivity index (χ0v) is 9.49. The Bertz CT molecular complexity index is 395. The maximum Gasteiger partial charge on any atom is 0.228 e. The van der Waals surface area contributed by atoms with E-state index in [0.717, 1.165) is 37.1 Å². The summed E-state index contributed by atoms with van der Waals surface area (Å²) in [6.45, 7) is 2.05. The summed E-state index contributed by atoms with van der Waals surface area (Å²) in [5.74, 6) is 0.961. The zero-order valence-electron chi connectivity index (χ0n) is 9.49. The largest absolute Gasteiger partial charge is 0.311 e.